The third kappa shape index (κ3) is 1.94. The predicted octanol–water partition coefficient (Wildman–Crippen LogP) is 1.72. The normalized spacial score (nSPS) is 29.5. The molecule has 16 heavy (non-hydrogen) atoms. The van der Waals surface area contributed by atoms with Crippen molar-refractivity contribution in [1.29, 1.82) is 0 Å². The zero-order chi connectivity index (χ0) is 11.7. The maximum absolute atomic E-state index is 11.2. The van der Waals surface area contributed by atoms with Crippen molar-refractivity contribution in [1.82, 2.24) is 15.2 Å². The molecule has 0 amide bonds. The summed E-state index contributed by atoms with van der Waals surface area (Å²) in [5, 5.41) is 16.1. The molecule has 3 atom stereocenters. The van der Waals surface area contributed by atoms with Gasteiger partial charge in [0.25, 0.3) is 0 Å². The zero-order valence-corrected chi connectivity index (χ0v) is 9.60. The highest BCUT2D eigenvalue weighted by molar-refractivity contribution is 5.71. The molecule has 1 heterocycles. The molecule has 1 aromatic heterocycles. The number of nitrogens with one attached hydrogen (secondary N) is 1. The topological polar surface area (TPSA) is 78.9 Å². The quantitative estimate of drug-likeness (QED) is 0.817. The van der Waals surface area contributed by atoms with Gasteiger partial charge >= 0.3 is 5.97 Å². The van der Waals surface area contributed by atoms with Crippen LogP contribution in [0, 0.1) is 18.8 Å². The van der Waals surface area contributed by atoms with Gasteiger partial charge in [-0.15, -0.1) is 0 Å². The summed E-state index contributed by atoms with van der Waals surface area (Å²) in [6, 6.07) is 0. The molecule has 0 spiro atoms. The summed E-state index contributed by atoms with van der Waals surface area (Å²) in [7, 11) is 0. The van der Waals surface area contributed by atoms with Crippen molar-refractivity contribution in [2.24, 2.45) is 11.8 Å². The van der Waals surface area contributed by atoms with Crippen LogP contribution in [-0.4, -0.2) is 26.3 Å². The van der Waals surface area contributed by atoms with E-state index in [9.17, 15) is 9.90 Å². The van der Waals surface area contributed by atoms with Gasteiger partial charge in [0.05, 0.1) is 5.92 Å². The van der Waals surface area contributed by atoms with E-state index in [1.807, 2.05) is 6.92 Å². The predicted molar refractivity (Wildman–Crippen MR) is 58.0 cm³/mol. The number of rotatable bonds is 3. The number of aromatic amines is 1. The first kappa shape index (κ1) is 11.1. The molecular formula is C11H17N3O2. The van der Waals surface area contributed by atoms with Gasteiger partial charge in [0.2, 0.25) is 0 Å². The van der Waals surface area contributed by atoms with Crippen molar-refractivity contribution in [2.45, 2.75) is 39.0 Å². The van der Waals surface area contributed by atoms with Crippen LogP contribution in [0.1, 0.15) is 43.8 Å². The van der Waals surface area contributed by atoms with Crippen molar-refractivity contribution >= 4 is 5.97 Å². The fraction of sp³-hybridized carbons (Fsp3) is 0.727. The van der Waals surface area contributed by atoms with E-state index in [2.05, 4.69) is 22.1 Å². The van der Waals surface area contributed by atoms with Crippen molar-refractivity contribution in [3.05, 3.63) is 11.6 Å². The third-order valence-electron chi connectivity index (χ3n) is 3.50. The minimum Gasteiger partial charge on any atom is -0.481 e. The number of carbonyl (C=O) groups is 1. The van der Waals surface area contributed by atoms with Crippen molar-refractivity contribution < 1.29 is 9.90 Å². The Morgan fingerprint density at radius 2 is 2.31 bits per heavy atom. The standard InChI is InChI=1S/C11H17N3O2/c1-3-7-4-8(9(5-7)11(15)16)10-12-6(2)13-14-10/h7-9H,3-5H2,1-2H3,(H,15,16)(H,12,13,14). The Labute approximate surface area is 94.3 Å². The van der Waals surface area contributed by atoms with Crippen molar-refractivity contribution in [3.8, 4) is 0 Å². The summed E-state index contributed by atoms with van der Waals surface area (Å²) in [4.78, 5) is 15.5. The largest absolute Gasteiger partial charge is 0.481 e. The van der Waals surface area contributed by atoms with Gasteiger partial charge < -0.3 is 5.11 Å². The van der Waals surface area contributed by atoms with E-state index in [-0.39, 0.29) is 11.8 Å². The molecule has 1 saturated carbocycles. The number of nitrogens with zero attached hydrogens (tertiary/aromatic N) is 2. The van der Waals surface area contributed by atoms with Crippen LogP contribution in [0.15, 0.2) is 0 Å². The number of hydrogen-bond donors (Lipinski definition) is 2. The number of carboxylic acids is 1. The molecular weight excluding hydrogens is 206 g/mol. The molecule has 1 aliphatic carbocycles. The van der Waals surface area contributed by atoms with Gasteiger partial charge in [0.1, 0.15) is 5.82 Å². The molecule has 2 rings (SSSR count). The van der Waals surface area contributed by atoms with E-state index < -0.39 is 5.97 Å². The van der Waals surface area contributed by atoms with Crippen LogP contribution in [0.5, 0.6) is 0 Å². The van der Waals surface area contributed by atoms with E-state index in [0.29, 0.717) is 11.7 Å². The molecule has 2 N–H and O–H groups in total. The Morgan fingerprint density at radius 3 is 2.81 bits per heavy atom. The van der Waals surface area contributed by atoms with E-state index in [1.165, 1.54) is 0 Å². The fourth-order valence-electron chi connectivity index (χ4n) is 2.56. The Balaban J connectivity index is 2.21. The van der Waals surface area contributed by atoms with Gasteiger partial charge in [0.15, 0.2) is 5.82 Å². The number of H-pyrrole nitrogens is 1. The number of aromatic nitrogens is 3. The van der Waals surface area contributed by atoms with Crippen LogP contribution in [-0.2, 0) is 4.79 Å². The summed E-state index contributed by atoms with van der Waals surface area (Å²) in [5.41, 5.74) is 0. The Hall–Kier alpha value is -1.39. The summed E-state index contributed by atoms with van der Waals surface area (Å²) in [6.45, 7) is 3.94. The molecule has 0 aliphatic heterocycles. The van der Waals surface area contributed by atoms with Crippen molar-refractivity contribution in [2.75, 3.05) is 0 Å². The van der Waals surface area contributed by atoms with E-state index in [0.717, 1.165) is 25.1 Å². The van der Waals surface area contributed by atoms with Gasteiger partial charge in [-0.05, 0) is 25.7 Å². The van der Waals surface area contributed by atoms with Crippen LogP contribution < -0.4 is 0 Å². The van der Waals surface area contributed by atoms with E-state index >= 15 is 0 Å². The van der Waals surface area contributed by atoms with Crippen LogP contribution >= 0.6 is 0 Å². The highest BCUT2D eigenvalue weighted by Crippen LogP contribution is 2.43. The molecule has 3 unspecified atom stereocenters. The van der Waals surface area contributed by atoms with Crippen LogP contribution in [0.2, 0.25) is 0 Å². The maximum Gasteiger partial charge on any atom is 0.307 e. The Bertz CT molecular complexity index is 388. The first-order chi connectivity index (χ1) is 7.61. The third-order valence-corrected chi connectivity index (χ3v) is 3.50. The average molecular weight is 223 g/mol. The highest BCUT2D eigenvalue weighted by atomic mass is 16.4. The second-order valence-corrected chi connectivity index (χ2v) is 4.58. The first-order valence-corrected chi connectivity index (χ1v) is 5.73. The molecule has 1 fully saturated rings. The number of hydrogen-bond acceptors (Lipinski definition) is 3. The molecule has 5 heteroatoms. The molecule has 5 nitrogen and oxygen atoms in total. The number of aliphatic carboxylic acids is 1. The van der Waals surface area contributed by atoms with Crippen LogP contribution in [0.4, 0.5) is 0 Å². The monoisotopic (exact) mass is 223 g/mol. The second kappa shape index (κ2) is 4.23. The fourth-order valence-corrected chi connectivity index (χ4v) is 2.56. The number of carboxylic acid groups (broad SMARTS) is 1. The molecule has 0 bridgehead atoms. The van der Waals surface area contributed by atoms with Gasteiger partial charge in [-0.3, -0.25) is 9.89 Å². The summed E-state index contributed by atoms with van der Waals surface area (Å²) in [5.74, 6) is 0.848. The zero-order valence-electron chi connectivity index (χ0n) is 9.60. The Kier molecular flexibility index (Phi) is 2.94. The summed E-state index contributed by atoms with van der Waals surface area (Å²) in [6.07, 6.45) is 2.68. The lowest BCUT2D eigenvalue weighted by Gasteiger charge is -2.10. The van der Waals surface area contributed by atoms with Crippen LogP contribution in [0.25, 0.3) is 0 Å². The van der Waals surface area contributed by atoms with Gasteiger partial charge in [-0.2, -0.15) is 5.10 Å². The maximum atomic E-state index is 11.2. The van der Waals surface area contributed by atoms with Crippen molar-refractivity contribution in [3.63, 3.8) is 0 Å². The lowest BCUT2D eigenvalue weighted by Crippen LogP contribution is -2.17. The lowest BCUT2D eigenvalue weighted by atomic mass is 9.96. The number of aryl methyl sites for hydroxylation is 1. The molecule has 1 aliphatic rings. The summed E-state index contributed by atoms with van der Waals surface area (Å²) < 4.78 is 0. The Morgan fingerprint density at radius 1 is 1.56 bits per heavy atom. The molecule has 0 aromatic carbocycles. The van der Waals surface area contributed by atoms with Gasteiger partial charge in [0, 0.05) is 5.92 Å². The minimum atomic E-state index is -0.719. The molecule has 0 radical (unpaired) electrons. The highest BCUT2D eigenvalue weighted by Gasteiger charge is 2.40. The summed E-state index contributed by atoms with van der Waals surface area (Å²) >= 11 is 0. The second-order valence-electron chi connectivity index (χ2n) is 4.58. The van der Waals surface area contributed by atoms with Crippen LogP contribution in [0.3, 0.4) is 0 Å². The lowest BCUT2D eigenvalue weighted by molar-refractivity contribution is -0.142. The molecule has 88 valence electrons. The first-order valence-electron chi connectivity index (χ1n) is 5.73. The molecule has 0 saturated heterocycles. The molecule has 1 aromatic rings. The van der Waals surface area contributed by atoms with Gasteiger partial charge in [-0.25, -0.2) is 4.98 Å². The van der Waals surface area contributed by atoms with Gasteiger partial charge in [-0.1, -0.05) is 13.3 Å². The van der Waals surface area contributed by atoms with E-state index in [1.54, 1.807) is 0 Å². The SMILES string of the molecule is CCC1CC(C(=O)O)C(c2n[nH]c(C)n2)C1. The smallest absolute Gasteiger partial charge is 0.307 e. The average Bonchev–Trinajstić information content (AvgIpc) is 2.82. The minimum absolute atomic E-state index is 0.0209. The van der Waals surface area contributed by atoms with E-state index in [4.69, 9.17) is 0 Å².